The number of rotatable bonds is 15. The minimum absolute atomic E-state index is 0.347. The van der Waals surface area contributed by atoms with Gasteiger partial charge in [-0.15, -0.1) is 0 Å². The van der Waals surface area contributed by atoms with Crippen LogP contribution in [0.5, 0.6) is 0 Å². The molecule has 0 saturated carbocycles. The second kappa shape index (κ2) is 29.7. The standard InChI is InChI=1S/2C19H17N.C12H10O6S2.2C5H12O/c2*20-19(16-10-4-1-5-11-16,17-12-6-2-7-13-17)18-14-8-3-9-15-18;13-19(14,15)11-5-1-9(2-6-11)10-3-7-12(8-4-10)20(16,17)18;2*1-2-3-4-5-6/h2*1-15H,20H2;1-8H,(H,13,14,15)(H,16,17,18);2*6H,2-5H2,1H3. The third kappa shape index (κ3) is 17.3. The van der Waals surface area contributed by atoms with Crippen LogP contribution in [-0.4, -0.2) is 49.4 Å². The van der Waals surface area contributed by atoms with Gasteiger partial charge in [-0.1, -0.05) is 246 Å². The Morgan fingerprint density at radius 3 is 0.681 bits per heavy atom. The normalized spacial score (nSPS) is 11.2. The van der Waals surface area contributed by atoms with Crippen LogP contribution < -0.4 is 11.5 Å². The summed E-state index contributed by atoms with van der Waals surface area (Å²) in [4.78, 5) is -0.694. The highest BCUT2D eigenvalue weighted by Gasteiger charge is 2.36. The molecule has 0 bridgehead atoms. The van der Waals surface area contributed by atoms with E-state index in [1.54, 1.807) is 0 Å². The van der Waals surface area contributed by atoms with E-state index in [-0.39, 0.29) is 20.9 Å². The van der Waals surface area contributed by atoms with Crippen molar-refractivity contribution in [1.29, 1.82) is 0 Å². The van der Waals surface area contributed by atoms with Gasteiger partial charge in [0.2, 0.25) is 0 Å². The Morgan fingerprint density at radius 2 is 0.542 bits per heavy atom. The molecule has 0 unspecified atom stereocenters. The lowest BCUT2D eigenvalue weighted by atomic mass is 9.78. The Labute approximate surface area is 427 Å². The van der Waals surface area contributed by atoms with E-state index in [9.17, 15) is 25.9 Å². The van der Waals surface area contributed by atoms with Gasteiger partial charge in [0, 0.05) is 46.6 Å². The lowest BCUT2D eigenvalue weighted by molar-refractivity contribution is -0.455. The molecule has 8 N–H and O–H groups in total. The number of aliphatic hydroxyl groups is 2. The molecule has 0 spiro atoms. The van der Waals surface area contributed by atoms with Crippen molar-refractivity contribution >= 4 is 20.2 Å². The molecule has 8 rings (SSSR count). The molecule has 8 aromatic rings. The molecule has 0 aliphatic heterocycles. The van der Waals surface area contributed by atoms with Crippen LogP contribution in [0, 0.1) is 0 Å². The molecule has 0 atom stereocenters. The molecule has 0 fully saturated rings. The van der Waals surface area contributed by atoms with Crippen molar-refractivity contribution in [2.75, 3.05) is 13.2 Å². The molecule has 8 aromatic carbocycles. The summed E-state index contributed by atoms with van der Waals surface area (Å²) in [6, 6.07) is 73.2. The predicted molar refractivity (Wildman–Crippen MR) is 285 cm³/mol. The zero-order chi connectivity index (χ0) is 52.3. The first kappa shape index (κ1) is 58.0. The van der Waals surface area contributed by atoms with Gasteiger partial charge < -0.3 is 30.8 Å². The van der Waals surface area contributed by atoms with Gasteiger partial charge in [0.05, 0.1) is 9.79 Å². The highest BCUT2D eigenvalue weighted by molar-refractivity contribution is 7.86. The minimum Gasteiger partial charge on any atom is -0.744 e. The van der Waals surface area contributed by atoms with E-state index in [1.165, 1.54) is 70.5 Å². The molecule has 0 heterocycles. The topological polar surface area (TPSA) is 210 Å². The molecule has 10 nitrogen and oxygen atoms in total. The molecule has 12 heteroatoms. The van der Waals surface area contributed by atoms with Crippen LogP contribution in [0.1, 0.15) is 85.8 Å². The molecule has 0 radical (unpaired) electrons. The molecule has 72 heavy (non-hydrogen) atoms. The van der Waals surface area contributed by atoms with Gasteiger partial charge in [-0.05, 0) is 48.2 Å². The fraction of sp³-hybridized carbons (Fsp3) is 0.200. The van der Waals surface area contributed by atoms with Crippen molar-refractivity contribution in [3.8, 4) is 11.1 Å². The molecule has 378 valence electrons. The minimum atomic E-state index is -4.50. The maximum absolute atomic E-state index is 10.8. The van der Waals surface area contributed by atoms with E-state index >= 15 is 0 Å². The van der Waals surface area contributed by atoms with Crippen LogP contribution in [0.15, 0.2) is 240 Å². The van der Waals surface area contributed by atoms with Gasteiger partial charge in [0.25, 0.3) is 0 Å². The number of hydrogen-bond donors (Lipinski definition) is 4. The lowest BCUT2D eigenvalue weighted by Crippen LogP contribution is -2.71. The quantitative estimate of drug-likeness (QED) is 0.0440. The number of hydrogen-bond acceptors (Lipinski definition) is 8. The molecule has 0 aliphatic carbocycles. The van der Waals surface area contributed by atoms with E-state index in [0.717, 1.165) is 49.9 Å². The van der Waals surface area contributed by atoms with Crippen LogP contribution in [0.3, 0.4) is 0 Å². The summed E-state index contributed by atoms with van der Waals surface area (Å²) in [5.74, 6) is 0. The largest absolute Gasteiger partial charge is 0.744 e. The van der Waals surface area contributed by atoms with Crippen LogP contribution in [0.2, 0.25) is 0 Å². The first-order valence-corrected chi connectivity index (χ1v) is 26.8. The molecule has 0 amide bonds. The predicted octanol–water partition coefficient (Wildman–Crippen LogP) is 9.94. The van der Waals surface area contributed by atoms with Gasteiger partial charge in [0.15, 0.2) is 11.1 Å². The Hall–Kier alpha value is -6.58. The van der Waals surface area contributed by atoms with Crippen molar-refractivity contribution in [3.63, 3.8) is 0 Å². The Bertz CT molecular complexity index is 2530. The third-order valence-corrected chi connectivity index (χ3v) is 13.4. The van der Waals surface area contributed by atoms with Crippen molar-refractivity contribution in [2.24, 2.45) is 0 Å². The number of quaternary nitrogens is 2. The van der Waals surface area contributed by atoms with Gasteiger partial charge in [-0.3, -0.25) is 0 Å². The maximum atomic E-state index is 10.8. The summed E-state index contributed by atoms with van der Waals surface area (Å²) in [7, 11) is -9.00. The van der Waals surface area contributed by atoms with E-state index in [0.29, 0.717) is 24.3 Å². The Kier molecular flexibility index (Phi) is 23.9. The van der Waals surface area contributed by atoms with Crippen LogP contribution in [0.25, 0.3) is 11.1 Å². The Balaban J connectivity index is 0.000000210. The summed E-state index contributed by atoms with van der Waals surface area (Å²) >= 11 is 0. The van der Waals surface area contributed by atoms with Crippen LogP contribution in [-0.2, 0) is 31.3 Å². The van der Waals surface area contributed by atoms with E-state index in [2.05, 4.69) is 171 Å². The van der Waals surface area contributed by atoms with Gasteiger partial charge >= 0.3 is 0 Å². The second-order valence-corrected chi connectivity index (χ2v) is 19.6. The van der Waals surface area contributed by atoms with Crippen molar-refractivity contribution in [2.45, 2.75) is 73.2 Å². The summed E-state index contributed by atoms with van der Waals surface area (Å²) in [6.45, 7) is 4.95. The molecule has 0 aromatic heterocycles. The Morgan fingerprint density at radius 1 is 0.347 bits per heavy atom. The van der Waals surface area contributed by atoms with Crippen LogP contribution in [0.4, 0.5) is 0 Å². The van der Waals surface area contributed by atoms with Gasteiger partial charge in [-0.25, -0.2) is 16.8 Å². The summed E-state index contributed by atoms with van der Waals surface area (Å²) in [6.07, 6.45) is 6.65. The average Bonchev–Trinajstić information content (AvgIpc) is 3.43. The highest BCUT2D eigenvalue weighted by atomic mass is 32.2. The lowest BCUT2D eigenvalue weighted by Gasteiger charge is -2.27. The SMILES string of the molecule is CCCCCO.CCCCCO.O=S(=O)([O-])c1ccc(-c2ccc(S(=O)(=O)[O-])cc2)cc1.[NH3+]C(c1ccccc1)(c1ccccc1)c1ccccc1.[NH3+]C(c1ccccc1)(c1ccccc1)c1ccccc1. The number of benzene rings is 8. The zero-order valence-electron chi connectivity index (χ0n) is 41.2. The fourth-order valence-corrected chi connectivity index (χ4v) is 8.63. The number of aliphatic hydroxyl groups excluding tert-OH is 2. The second-order valence-electron chi connectivity index (χ2n) is 16.8. The van der Waals surface area contributed by atoms with Gasteiger partial charge in [0.1, 0.15) is 20.2 Å². The zero-order valence-corrected chi connectivity index (χ0v) is 42.8. The van der Waals surface area contributed by atoms with Crippen molar-refractivity contribution in [1.82, 2.24) is 0 Å². The molecule has 0 saturated heterocycles. The number of unbranched alkanes of at least 4 members (excludes halogenated alkanes) is 4. The molecular weight excluding hydrogens is 941 g/mol. The first-order chi connectivity index (χ1) is 34.6. The van der Waals surface area contributed by atoms with Crippen molar-refractivity contribution < 1.29 is 47.6 Å². The van der Waals surface area contributed by atoms with Crippen molar-refractivity contribution in [3.05, 3.63) is 264 Å². The summed E-state index contributed by atoms with van der Waals surface area (Å²) in [5.41, 5.74) is 16.8. The third-order valence-electron chi connectivity index (χ3n) is 11.7. The average molecular weight is 1010 g/mol. The monoisotopic (exact) mass is 1010 g/mol. The molecule has 0 aliphatic rings. The smallest absolute Gasteiger partial charge is 0.172 e. The van der Waals surface area contributed by atoms with Gasteiger partial charge in [-0.2, -0.15) is 0 Å². The first-order valence-electron chi connectivity index (χ1n) is 24.0. The van der Waals surface area contributed by atoms with E-state index in [4.69, 9.17) is 10.2 Å². The summed E-state index contributed by atoms with van der Waals surface area (Å²) < 4.78 is 64.7. The highest BCUT2D eigenvalue weighted by Crippen LogP contribution is 2.33. The van der Waals surface area contributed by atoms with E-state index < -0.39 is 20.2 Å². The fourth-order valence-electron chi connectivity index (χ4n) is 7.69. The van der Waals surface area contributed by atoms with Crippen LogP contribution >= 0.6 is 0 Å². The maximum Gasteiger partial charge on any atom is 0.172 e. The van der Waals surface area contributed by atoms with E-state index in [1.807, 2.05) is 36.4 Å². The summed E-state index contributed by atoms with van der Waals surface area (Å²) in [5, 5.41) is 16.4. The molecular formula is C60H68N2O8S2.